The van der Waals surface area contributed by atoms with E-state index in [0.717, 1.165) is 88.1 Å². The third kappa shape index (κ3) is 5.55. The largest absolute Gasteiger partial charge is 0.456 e. The zero-order chi connectivity index (χ0) is 41.4. The number of nitrogens with zero attached hydrogens (tertiary/aromatic N) is 5. The van der Waals surface area contributed by atoms with E-state index in [2.05, 4.69) is 185 Å². The van der Waals surface area contributed by atoms with E-state index in [1.165, 1.54) is 16.5 Å². The van der Waals surface area contributed by atoms with E-state index in [9.17, 15) is 0 Å². The summed E-state index contributed by atoms with van der Waals surface area (Å²) in [5.74, 6) is 1.68. The topological polar surface area (TPSA) is 61.7 Å². The number of rotatable bonds is 6. The Balaban J connectivity index is 1.13. The lowest BCUT2D eigenvalue weighted by Gasteiger charge is -2.16. The second-order valence-electron chi connectivity index (χ2n) is 16.0. The van der Waals surface area contributed by atoms with Crippen LogP contribution in [0, 0.1) is 0 Å². The van der Waals surface area contributed by atoms with Crippen molar-refractivity contribution in [1.29, 1.82) is 0 Å². The molecule has 13 aromatic rings. The first-order valence-corrected chi connectivity index (χ1v) is 21.2. The molecule has 0 radical (unpaired) electrons. The summed E-state index contributed by atoms with van der Waals surface area (Å²) in [5.41, 5.74) is 13.3. The van der Waals surface area contributed by atoms with Gasteiger partial charge in [-0.1, -0.05) is 170 Å². The molecule has 0 amide bonds. The van der Waals surface area contributed by atoms with Crippen molar-refractivity contribution in [2.75, 3.05) is 0 Å². The molecule has 4 heterocycles. The van der Waals surface area contributed by atoms with E-state index in [-0.39, 0.29) is 0 Å². The van der Waals surface area contributed by atoms with Crippen molar-refractivity contribution in [2.45, 2.75) is 0 Å². The molecule has 0 saturated carbocycles. The summed E-state index contributed by atoms with van der Waals surface area (Å²) >= 11 is 0. The van der Waals surface area contributed by atoms with Crippen LogP contribution in [0.25, 0.3) is 122 Å². The molecule has 63 heavy (non-hydrogen) atoms. The molecule has 0 atom stereocenters. The van der Waals surface area contributed by atoms with Gasteiger partial charge in [-0.05, 0) is 64.7 Å². The van der Waals surface area contributed by atoms with Crippen molar-refractivity contribution >= 4 is 65.6 Å². The third-order valence-electron chi connectivity index (χ3n) is 12.4. The highest BCUT2D eigenvalue weighted by atomic mass is 16.3. The van der Waals surface area contributed by atoms with E-state index in [1.54, 1.807) is 0 Å². The predicted octanol–water partition coefficient (Wildman–Crippen LogP) is 14.6. The van der Waals surface area contributed by atoms with Gasteiger partial charge >= 0.3 is 0 Å². The summed E-state index contributed by atoms with van der Waals surface area (Å²) in [5, 5.41) is 6.66. The number of fused-ring (bicyclic) bond motifs is 10. The molecule has 0 N–H and O–H groups in total. The first kappa shape index (κ1) is 35.2. The standard InChI is InChI=1S/C57H35N5O/c1-4-16-36(17-5-1)41-31-29-40(35-48(41)37-18-6-2-7-19-37)61-49-25-13-10-22-42(49)46-32-33-47-43-23-11-14-26-50(43)62(54(47)53(46)61)57-59-55(38-20-8-3-9-21-38)58-56(60-57)39-28-30-45-44-24-12-15-27-51(44)63-52(45)34-39/h1-35H. The summed E-state index contributed by atoms with van der Waals surface area (Å²) in [7, 11) is 0. The number of hydrogen-bond donors (Lipinski definition) is 0. The Morgan fingerprint density at radius 1 is 0.317 bits per heavy atom. The Labute approximate surface area is 361 Å². The number of benzene rings is 9. The molecule has 6 heteroatoms. The quantitative estimate of drug-likeness (QED) is 0.168. The van der Waals surface area contributed by atoms with Crippen molar-refractivity contribution in [3.8, 4) is 56.7 Å². The SMILES string of the molecule is c1ccc(-c2nc(-c3ccc4c(c3)oc3ccccc34)nc(-n3c4ccccc4c4ccc5c6ccccc6n(-c6ccc(-c7ccccc7)c(-c7ccccc7)c6)c5c43)n2)cc1. The molecule has 0 aliphatic heterocycles. The zero-order valence-corrected chi connectivity index (χ0v) is 33.9. The highest BCUT2D eigenvalue weighted by molar-refractivity contribution is 6.23. The fraction of sp³-hybridized carbons (Fsp3) is 0. The zero-order valence-electron chi connectivity index (χ0n) is 33.9. The number of furan rings is 1. The molecule has 0 unspecified atom stereocenters. The van der Waals surface area contributed by atoms with Gasteiger partial charge in [0, 0.05) is 49.1 Å². The van der Waals surface area contributed by atoms with Crippen LogP contribution in [0.15, 0.2) is 217 Å². The van der Waals surface area contributed by atoms with Crippen molar-refractivity contribution in [3.63, 3.8) is 0 Å². The maximum absolute atomic E-state index is 6.37. The molecular formula is C57H35N5O. The van der Waals surface area contributed by atoms with Crippen LogP contribution in [0.2, 0.25) is 0 Å². The lowest BCUT2D eigenvalue weighted by Crippen LogP contribution is -2.07. The third-order valence-corrected chi connectivity index (χ3v) is 12.4. The van der Waals surface area contributed by atoms with Crippen molar-refractivity contribution < 1.29 is 4.42 Å². The Bertz CT molecular complexity index is 3900. The van der Waals surface area contributed by atoms with Gasteiger partial charge in [-0.25, -0.2) is 4.98 Å². The van der Waals surface area contributed by atoms with Gasteiger partial charge in [0.2, 0.25) is 5.95 Å². The lowest BCUT2D eigenvalue weighted by atomic mass is 9.94. The summed E-state index contributed by atoms with van der Waals surface area (Å²) in [4.78, 5) is 15.9. The predicted molar refractivity (Wildman–Crippen MR) is 258 cm³/mol. The van der Waals surface area contributed by atoms with Gasteiger partial charge in [0.15, 0.2) is 11.6 Å². The molecule has 0 spiro atoms. The molecule has 9 aromatic carbocycles. The first-order valence-electron chi connectivity index (χ1n) is 21.2. The van der Waals surface area contributed by atoms with Crippen LogP contribution < -0.4 is 0 Å². The van der Waals surface area contributed by atoms with E-state index in [0.29, 0.717) is 17.6 Å². The minimum absolute atomic E-state index is 0.531. The van der Waals surface area contributed by atoms with Crippen LogP contribution >= 0.6 is 0 Å². The molecular weight excluding hydrogens is 771 g/mol. The van der Waals surface area contributed by atoms with E-state index >= 15 is 0 Å². The molecule has 0 saturated heterocycles. The van der Waals surface area contributed by atoms with Crippen LogP contribution in [0.1, 0.15) is 0 Å². The van der Waals surface area contributed by atoms with Gasteiger partial charge in [0.1, 0.15) is 11.2 Å². The molecule has 4 aromatic heterocycles. The maximum atomic E-state index is 6.37. The average Bonchev–Trinajstić information content (AvgIpc) is 4.02. The van der Waals surface area contributed by atoms with Crippen LogP contribution in [-0.2, 0) is 0 Å². The number of para-hydroxylation sites is 3. The smallest absolute Gasteiger partial charge is 0.238 e. The van der Waals surface area contributed by atoms with Gasteiger partial charge < -0.3 is 8.98 Å². The number of aromatic nitrogens is 5. The van der Waals surface area contributed by atoms with Crippen molar-refractivity contribution in [2.24, 2.45) is 0 Å². The Hall–Kier alpha value is -8.61. The molecule has 0 fully saturated rings. The summed E-state index contributed by atoms with van der Waals surface area (Å²) in [6, 6.07) is 74.6. The van der Waals surface area contributed by atoms with Crippen LogP contribution in [0.3, 0.4) is 0 Å². The Morgan fingerprint density at radius 2 is 0.825 bits per heavy atom. The molecule has 294 valence electrons. The van der Waals surface area contributed by atoms with Gasteiger partial charge in [-0.2, -0.15) is 9.97 Å². The van der Waals surface area contributed by atoms with E-state index in [1.807, 2.05) is 36.4 Å². The molecule has 0 aliphatic carbocycles. The highest BCUT2D eigenvalue weighted by Gasteiger charge is 2.24. The monoisotopic (exact) mass is 805 g/mol. The van der Waals surface area contributed by atoms with Gasteiger partial charge in [-0.3, -0.25) is 4.57 Å². The Kier molecular flexibility index (Phi) is 7.80. The second-order valence-corrected chi connectivity index (χ2v) is 16.0. The highest BCUT2D eigenvalue weighted by Crippen LogP contribution is 2.43. The van der Waals surface area contributed by atoms with Crippen LogP contribution in [-0.4, -0.2) is 24.1 Å². The number of hydrogen-bond acceptors (Lipinski definition) is 4. The maximum Gasteiger partial charge on any atom is 0.238 e. The summed E-state index contributed by atoms with van der Waals surface area (Å²) in [6.45, 7) is 0. The minimum atomic E-state index is 0.531. The second kappa shape index (κ2) is 14.0. The van der Waals surface area contributed by atoms with Crippen molar-refractivity contribution in [1.82, 2.24) is 24.1 Å². The first-order chi connectivity index (χ1) is 31.2. The van der Waals surface area contributed by atoms with Crippen molar-refractivity contribution in [3.05, 3.63) is 212 Å². The van der Waals surface area contributed by atoms with E-state index < -0.39 is 0 Å². The van der Waals surface area contributed by atoms with Crippen LogP contribution in [0.4, 0.5) is 0 Å². The van der Waals surface area contributed by atoms with Gasteiger partial charge in [-0.15, -0.1) is 0 Å². The molecule has 0 aliphatic rings. The summed E-state index contributed by atoms with van der Waals surface area (Å²) in [6.07, 6.45) is 0. The molecule has 0 bridgehead atoms. The van der Waals surface area contributed by atoms with Gasteiger partial charge in [0.25, 0.3) is 0 Å². The van der Waals surface area contributed by atoms with E-state index in [4.69, 9.17) is 19.4 Å². The normalized spacial score (nSPS) is 11.8. The fourth-order valence-electron chi connectivity index (χ4n) is 9.55. The lowest BCUT2D eigenvalue weighted by molar-refractivity contribution is 0.669. The fourth-order valence-corrected chi connectivity index (χ4v) is 9.55. The Morgan fingerprint density at radius 3 is 1.51 bits per heavy atom. The average molecular weight is 806 g/mol. The molecule has 6 nitrogen and oxygen atoms in total. The van der Waals surface area contributed by atoms with Crippen LogP contribution in [0.5, 0.6) is 0 Å². The summed E-state index contributed by atoms with van der Waals surface area (Å²) < 4.78 is 11.0. The minimum Gasteiger partial charge on any atom is -0.456 e. The van der Waals surface area contributed by atoms with Gasteiger partial charge in [0.05, 0.1) is 22.1 Å². The molecule has 13 rings (SSSR count).